The minimum absolute atomic E-state index is 0.148. The summed E-state index contributed by atoms with van der Waals surface area (Å²) in [4.78, 5) is 45.8. The van der Waals surface area contributed by atoms with Crippen molar-refractivity contribution >= 4 is 28.8 Å². The summed E-state index contributed by atoms with van der Waals surface area (Å²) in [5.74, 6) is -1.38. The molecule has 42 heavy (non-hydrogen) atoms. The average Bonchev–Trinajstić information content (AvgIpc) is 3.29. The molecule has 1 aliphatic heterocycles. The molecule has 3 aromatic carbocycles. The number of phenols is 1. The zero-order valence-electron chi connectivity index (χ0n) is 23.9. The summed E-state index contributed by atoms with van der Waals surface area (Å²) < 4.78 is 1.78. The van der Waals surface area contributed by atoms with Crippen molar-refractivity contribution < 1.29 is 24.6 Å². The lowest BCUT2D eigenvalue weighted by atomic mass is 9.91. The Balaban J connectivity index is 1.44. The first kappa shape index (κ1) is 28.8. The van der Waals surface area contributed by atoms with E-state index < -0.39 is 30.0 Å². The van der Waals surface area contributed by atoms with Crippen LogP contribution >= 0.6 is 0 Å². The van der Waals surface area contributed by atoms with E-state index in [0.717, 1.165) is 33.3 Å². The van der Waals surface area contributed by atoms with E-state index in [1.54, 1.807) is 23.7 Å². The standard InChI is InChI=1S/C32H35N5O5/c1-18-12-22(38)13-19(2)23(18)15-24(33)32(42)37-17-21-9-5-4-8-20(21)14-28(37)31(41)35-26(16-29(39)40)30-34-25-10-6-7-11-27(25)36(30)3/h4-13,24,26,28,38H,14-17,33H2,1-3H3,(H,35,41)(H,39,40)/t24-,26+,28-/m0/s1. The van der Waals surface area contributed by atoms with E-state index in [1.165, 1.54) is 4.90 Å². The highest BCUT2D eigenvalue weighted by molar-refractivity contribution is 5.91. The Hall–Kier alpha value is -4.70. The second-order valence-corrected chi connectivity index (χ2v) is 11.0. The number of phenolic OH excluding ortho intramolecular Hbond substituents is 1. The summed E-state index contributed by atoms with van der Waals surface area (Å²) in [6.45, 7) is 3.91. The molecule has 0 saturated carbocycles. The molecule has 218 valence electrons. The Kier molecular flexibility index (Phi) is 8.00. The maximum atomic E-state index is 13.9. The normalized spacial score (nSPS) is 16.1. The molecule has 10 heteroatoms. The van der Waals surface area contributed by atoms with Gasteiger partial charge in [0.1, 0.15) is 17.6 Å². The fourth-order valence-electron chi connectivity index (χ4n) is 5.93. The minimum Gasteiger partial charge on any atom is -0.508 e. The number of aromatic hydroxyl groups is 1. The number of carbonyl (C=O) groups excluding carboxylic acids is 2. The summed E-state index contributed by atoms with van der Waals surface area (Å²) in [5, 5.41) is 22.5. The van der Waals surface area contributed by atoms with Gasteiger partial charge in [0.25, 0.3) is 0 Å². The van der Waals surface area contributed by atoms with Crippen LogP contribution in [0.2, 0.25) is 0 Å². The van der Waals surface area contributed by atoms with Crippen LogP contribution in [0.15, 0.2) is 60.7 Å². The van der Waals surface area contributed by atoms with E-state index in [2.05, 4.69) is 10.3 Å². The van der Waals surface area contributed by atoms with Crippen LogP contribution < -0.4 is 11.1 Å². The van der Waals surface area contributed by atoms with Crippen LogP contribution in [0.1, 0.15) is 46.1 Å². The van der Waals surface area contributed by atoms with Crippen molar-refractivity contribution in [2.75, 3.05) is 0 Å². The molecule has 3 atom stereocenters. The second kappa shape index (κ2) is 11.7. The SMILES string of the molecule is Cc1cc(O)cc(C)c1C[C@H](N)C(=O)N1Cc2ccccc2C[C@H]1C(=O)N[C@H](CC(=O)O)c1nc2ccccc2n1C. The van der Waals surface area contributed by atoms with E-state index in [1.807, 2.05) is 62.4 Å². The molecule has 2 heterocycles. The number of amides is 2. The van der Waals surface area contributed by atoms with Gasteiger partial charge >= 0.3 is 5.97 Å². The number of fused-ring (bicyclic) bond motifs is 2. The van der Waals surface area contributed by atoms with Crippen molar-refractivity contribution in [2.24, 2.45) is 12.8 Å². The van der Waals surface area contributed by atoms with Crippen LogP contribution in [-0.2, 0) is 40.8 Å². The predicted molar refractivity (Wildman–Crippen MR) is 158 cm³/mol. The maximum absolute atomic E-state index is 13.9. The number of nitrogens with two attached hydrogens (primary N) is 1. The van der Waals surface area contributed by atoms with Gasteiger partial charge in [-0.2, -0.15) is 0 Å². The highest BCUT2D eigenvalue weighted by Crippen LogP contribution is 2.28. The number of hydrogen-bond donors (Lipinski definition) is 4. The van der Waals surface area contributed by atoms with Gasteiger partial charge < -0.3 is 30.7 Å². The molecule has 4 aromatic rings. The molecule has 0 aliphatic carbocycles. The Morgan fingerprint density at radius 1 is 1.05 bits per heavy atom. The number of carboxylic acids is 1. The average molecular weight is 570 g/mol. The summed E-state index contributed by atoms with van der Waals surface area (Å²) in [5.41, 5.74) is 12.4. The van der Waals surface area contributed by atoms with Gasteiger partial charge in [0.15, 0.2) is 0 Å². The second-order valence-electron chi connectivity index (χ2n) is 11.0. The molecule has 0 bridgehead atoms. The van der Waals surface area contributed by atoms with Crippen LogP contribution in [0, 0.1) is 13.8 Å². The highest BCUT2D eigenvalue weighted by Gasteiger charge is 2.38. The van der Waals surface area contributed by atoms with Crippen LogP contribution in [0.5, 0.6) is 5.75 Å². The highest BCUT2D eigenvalue weighted by atomic mass is 16.4. The van der Waals surface area contributed by atoms with E-state index >= 15 is 0 Å². The number of nitrogens with zero attached hydrogens (tertiary/aromatic N) is 3. The number of benzene rings is 3. The van der Waals surface area contributed by atoms with Crippen LogP contribution in [0.3, 0.4) is 0 Å². The molecular weight excluding hydrogens is 534 g/mol. The van der Waals surface area contributed by atoms with E-state index in [-0.39, 0.29) is 37.5 Å². The summed E-state index contributed by atoms with van der Waals surface area (Å²) in [6, 6.07) is 15.6. The molecule has 1 aromatic heterocycles. The number of rotatable bonds is 8. The number of carboxylic acid groups (broad SMARTS) is 1. The number of aromatic nitrogens is 2. The van der Waals surface area contributed by atoms with Crippen molar-refractivity contribution in [1.82, 2.24) is 19.8 Å². The molecule has 1 aliphatic rings. The number of para-hydroxylation sites is 2. The molecule has 0 unspecified atom stereocenters. The van der Waals surface area contributed by atoms with E-state index in [4.69, 9.17) is 5.73 Å². The van der Waals surface area contributed by atoms with E-state index in [9.17, 15) is 24.6 Å². The number of aryl methyl sites for hydroxylation is 3. The molecule has 0 fully saturated rings. The van der Waals surface area contributed by atoms with Gasteiger partial charge in [-0.25, -0.2) is 4.98 Å². The lowest BCUT2D eigenvalue weighted by Gasteiger charge is -2.38. The maximum Gasteiger partial charge on any atom is 0.305 e. The largest absolute Gasteiger partial charge is 0.508 e. The quantitative estimate of drug-likeness (QED) is 0.255. The summed E-state index contributed by atoms with van der Waals surface area (Å²) >= 11 is 0. The molecular formula is C32H35N5O5. The van der Waals surface area contributed by atoms with Crippen LogP contribution in [0.4, 0.5) is 0 Å². The van der Waals surface area contributed by atoms with Crippen molar-refractivity contribution in [3.8, 4) is 5.75 Å². The summed E-state index contributed by atoms with van der Waals surface area (Å²) in [7, 11) is 1.78. The third kappa shape index (κ3) is 5.71. The van der Waals surface area contributed by atoms with E-state index in [0.29, 0.717) is 11.3 Å². The van der Waals surface area contributed by atoms with Gasteiger partial charge in [-0.1, -0.05) is 36.4 Å². The Bertz CT molecular complexity index is 1660. The fourth-order valence-corrected chi connectivity index (χ4v) is 5.93. The molecule has 0 saturated heterocycles. The Morgan fingerprint density at radius 3 is 2.36 bits per heavy atom. The molecule has 2 amide bonds. The first-order valence-corrected chi connectivity index (χ1v) is 13.9. The number of hydrogen-bond acceptors (Lipinski definition) is 6. The number of nitrogens with one attached hydrogen (secondary N) is 1. The predicted octanol–water partition coefficient (Wildman–Crippen LogP) is 3.05. The smallest absolute Gasteiger partial charge is 0.305 e. The van der Waals surface area contributed by atoms with Crippen molar-refractivity contribution in [3.63, 3.8) is 0 Å². The fraction of sp³-hybridized carbons (Fsp3) is 0.312. The third-order valence-electron chi connectivity index (χ3n) is 8.08. The lowest BCUT2D eigenvalue weighted by Crippen LogP contribution is -2.57. The lowest BCUT2D eigenvalue weighted by molar-refractivity contribution is -0.144. The molecule has 10 nitrogen and oxygen atoms in total. The van der Waals surface area contributed by atoms with Crippen LogP contribution in [0.25, 0.3) is 11.0 Å². The van der Waals surface area contributed by atoms with Gasteiger partial charge in [-0.15, -0.1) is 0 Å². The van der Waals surface area contributed by atoms with Crippen molar-refractivity contribution in [2.45, 2.75) is 57.8 Å². The monoisotopic (exact) mass is 569 g/mol. The van der Waals surface area contributed by atoms with Crippen molar-refractivity contribution in [3.05, 3.63) is 94.3 Å². The minimum atomic E-state index is -1.09. The van der Waals surface area contributed by atoms with Gasteiger partial charge in [0, 0.05) is 20.0 Å². The molecule has 5 rings (SSSR count). The number of imidazole rings is 1. The summed E-state index contributed by atoms with van der Waals surface area (Å²) in [6.07, 6.45) is 0.129. The molecule has 5 N–H and O–H groups in total. The van der Waals surface area contributed by atoms with Gasteiger partial charge in [0.2, 0.25) is 11.8 Å². The zero-order valence-corrected chi connectivity index (χ0v) is 23.9. The molecule has 0 spiro atoms. The zero-order chi connectivity index (χ0) is 30.1. The van der Waals surface area contributed by atoms with Crippen LogP contribution in [-0.4, -0.2) is 54.5 Å². The Labute approximate surface area is 243 Å². The molecule has 0 radical (unpaired) electrons. The van der Waals surface area contributed by atoms with Crippen molar-refractivity contribution in [1.29, 1.82) is 0 Å². The van der Waals surface area contributed by atoms with Gasteiger partial charge in [-0.3, -0.25) is 14.4 Å². The van der Waals surface area contributed by atoms with Gasteiger partial charge in [-0.05, 0) is 72.4 Å². The number of aliphatic carboxylic acids is 1. The first-order valence-electron chi connectivity index (χ1n) is 13.9. The third-order valence-corrected chi connectivity index (χ3v) is 8.08. The topological polar surface area (TPSA) is 151 Å². The van der Waals surface area contributed by atoms with Gasteiger partial charge in [0.05, 0.1) is 29.5 Å². The first-order chi connectivity index (χ1) is 20.0. The number of carbonyl (C=O) groups is 3. The Morgan fingerprint density at radius 2 is 1.69 bits per heavy atom.